The van der Waals surface area contributed by atoms with Crippen LogP contribution in [0.4, 0.5) is 5.69 Å². The van der Waals surface area contributed by atoms with Crippen molar-refractivity contribution in [1.29, 1.82) is 0 Å². The molecule has 1 fully saturated rings. The highest BCUT2D eigenvalue weighted by molar-refractivity contribution is 7.89. The van der Waals surface area contributed by atoms with E-state index in [9.17, 15) is 13.2 Å². The molecule has 0 atom stereocenters. The van der Waals surface area contributed by atoms with Crippen molar-refractivity contribution < 1.29 is 17.9 Å². The van der Waals surface area contributed by atoms with Crippen LogP contribution in [0, 0.1) is 11.8 Å². The third-order valence-electron chi connectivity index (χ3n) is 4.35. The first kappa shape index (κ1) is 21.0. The van der Waals surface area contributed by atoms with Crippen LogP contribution in [0.3, 0.4) is 0 Å². The SMILES string of the molecule is CCS(=O)(=O)N1CCC(C(=O)Nc2ccc(OCC(C)C)c(Cl)c2)CC1. The van der Waals surface area contributed by atoms with Gasteiger partial charge in [-0.05, 0) is 43.9 Å². The Balaban J connectivity index is 1.91. The van der Waals surface area contributed by atoms with Gasteiger partial charge in [0.15, 0.2) is 0 Å². The zero-order chi connectivity index (χ0) is 19.3. The molecule has 1 N–H and O–H groups in total. The van der Waals surface area contributed by atoms with Gasteiger partial charge in [0.1, 0.15) is 5.75 Å². The summed E-state index contributed by atoms with van der Waals surface area (Å²) in [4.78, 5) is 12.5. The number of carbonyl (C=O) groups excluding carboxylic acids is 1. The number of nitrogens with one attached hydrogen (secondary N) is 1. The molecule has 6 nitrogen and oxygen atoms in total. The summed E-state index contributed by atoms with van der Waals surface area (Å²) in [5.74, 6) is 0.775. The third kappa shape index (κ3) is 5.59. The summed E-state index contributed by atoms with van der Waals surface area (Å²) >= 11 is 6.22. The minimum absolute atomic E-state index is 0.0909. The zero-order valence-corrected chi connectivity index (χ0v) is 17.1. The van der Waals surface area contributed by atoms with E-state index >= 15 is 0 Å². The van der Waals surface area contributed by atoms with Gasteiger partial charge in [-0.3, -0.25) is 4.79 Å². The maximum absolute atomic E-state index is 12.5. The Bertz CT molecular complexity index is 729. The quantitative estimate of drug-likeness (QED) is 0.758. The molecule has 8 heteroatoms. The molecular formula is C18H27ClN2O4S. The number of anilines is 1. The van der Waals surface area contributed by atoms with E-state index in [1.165, 1.54) is 4.31 Å². The number of hydrogen-bond acceptors (Lipinski definition) is 4. The molecule has 1 aromatic rings. The lowest BCUT2D eigenvalue weighted by molar-refractivity contribution is -0.120. The van der Waals surface area contributed by atoms with Crippen molar-refractivity contribution in [2.75, 3.05) is 30.8 Å². The Kier molecular flexibility index (Phi) is 7.32. The highest BCUT2D eigenvalue weighted by Crippen LogP contribution is 2.29. The van der Waals surface area contributed by atoms with Crippen LogP contribution in [0.2, 0.25) is 5.02 Å². The summed E-state index contributed by atoms with van der Waals surface area (Å²) in [6.07, 6.45) is 1.04. The summed E-state index contributed by atoms with van der Waals surface area (Å²) in [6.45, 7) is 7.09. The van der Waals surface area contributed by atoms with E-state index in [2.05, 4.69) is 19.2 Å². The fraction of sp³-hybridized carbons (Fsp3) is 0.611. The topological polar surface area (TPSA) is 75.7 Å². The van der Waals surface area contributed by atoms with Gasteiger partial charge in [0.05, 0.1) is 17.4 Å². The van der Waals surface area contributed by atoms with E-state index in [1.807, 2.05) is 0 Å². The van der Waals surface area contributed by atoms with E-state index in [1.54, 1.807) is 25.1 Å². The summed E-state index contributed by atoms with van der Waals surface area (Å²) in [6, 6.07) is 5.18. The van der Waals surface area contributed by atoms with Crippen molar-refractivity contribution in [1.82, 2.24) is 4.31 Å². The average molecular weight is 403 g/mol. The van der Waals surface area contributed by atoms with Crippen molar-refractivity contribution >= 4 is 33.2 Å². The first-order chi connectivity index (χ1) is 12.2. The number of sulfonamides is 1. The summed E-state index contributed by atoms with van der Waals surface area (Å²) in [5, 5.41) is 3.32. The van der Waals surface area contributed by atoms with Crippen molar-refractivity contribution in [3.8, 4) is 5.75 Å². The molecule has 1 aliphatic rings. The highest BCUT2D eigenvalue weighted by Gasteiger charge is 2.30. The van der Waals surface area contributed by atoms with Gasteiger partial charge in [0, 0.05) is 24.7 Å². The van der Waals surface area contributed by atoms with Gasteiger partial charge in [-0.25, -0.2) is 12.7 Å². The lowest BCUT2D eigenvalue weighted by Crippen LogP contribution is -2.42. The maximum atomic E-state index is 12.5. The van der Waals surface area contributed by atoms with Crippen molar-refractivity contribution in [3.63, 3.8) is 0 Å². The normalized spacial score (nSPS) is 16.7. The maximum Gasteiger partial charge on any atom is 0.227 e. The van der Waals surface area contributed by atoms with Gasteiger partial charge >= 0.3 is 0 Å². The molecule has 1 aliphatic heterocycles. The molecule has 0 unspecified atom stereocenters. The second kappa shape index (κ2) is 9.06. The van der Waals surface area contributed by atoms with Crippen LogP contribution in [0.15, 0.2) is 18.2 Å². The Morgan fingerprint density at radius 1 is 1.35 bits per heavy atom. The fourth-order valence-electron chi connectivity index (χ4n) is 2.78. The minimum atomic E-state index is -3.18. The van der Waals surface area contributed by atoms with Gasteiger partial charge in [0.25, 0.3) is 0 Å². The lowest BCUT2D eigenvalue weighted by Gasteiger charge is -2.30. The smallest absolute Gasteiger partial charge is 0.227 e. The van der Waals surface area contributed by atoms with Crippen LogP contribution in [0.1, 0.15) is 33.6 Å². The fourth-order valence-corrected chi connectivity index (χ4v) is 4.14. The molecule has 0 spiro atoms. The molecule has 2 rings (SSSR count). The van der Waals surface area contributed by atoms with Gasteiger partial charge in [-0.2, -0.15) is 0 Å². The van der Waals surface area contributed by atoms with Crippen molar-refractivity contribution in [2.45, 2.75) is 33.6 Å². The number of amides is 1. The van der Waals surface area contributed by atoms with Crippen LogP contribution >= 0.6 is 11.6 Å². The molecule has 0 saturated carbocycles. The Hall–Kier alpha value is -1.31. The minimum Gasteiger partial charge on any atom is -0.492 e. The zero-order valence-electron chi connectivity index (χ0n) is 15.5. The van der Waals surface area contributed by atoms with Crippen LogP contribution in [0.25, 0.3) is 0 Å². The van der Waals surface area contributed by atoms with E-state index in [0.29, 0.717) is 54.9 Å². The van der Waals surface area contributed by atoms with Crippen molar-refractivity contribution in [3.05, 3.63) is 23.2 Å². The number of halogens is 1. The van der Waals surface area contributed by atoms with Crippen LogP contribution in [-0.2, 0) is 14.8 Å². The molecule has 1 aromatic carbocycles. The molecule has 1 amide bonds. The molecule has 146 valence electrons. The second-order valence-electron chi connectivity index (χ2n) is 6.91. The number of carbonyl (C=O) groups is 1. The highest BCUT2D eigenvalue weighted by atomic mass is 35.5. The molecule has 1 heterocycles. The first-order valence-corrected chi connectivity index (χ1v) is 10.9. The standard InChI is InChI=1S/C18H27ClN2O4S/c1-4-26(23,24)21-9-7-14(8-10-21)18(22)20-15-5-6-17(16(19)11-15)25-12-13(2)3/h5-6,11,13-14H,4,7-10,12H2,1-3H3,(H,20,22). The molecule has 0 radical (unpaired) electrons. The van der Waals surface area contributed by atoms with Gasteiger partial charge < -0.3 is 10.1 Å². The molecule has 1 saturated heterocycles. The van der Waals surface area contributed by atoms with Gasteiger partial charge in [-0.1, -0.05) is 25.4 Å². The van der Waals surface area contributed by atoms with Crippen LogP contribution in [0.5, 0.6) is 5.75 Å². The molecule has 0 aromatic heterocycles. The van der Waals surface area contributed by atoms with Gasteiger partial charge in [-0.15, -0.1) is 0 Å². The number of rotatable bonds is 7. The predicted octanol–water partition coefficient (Wildman–Crippen LogP) is 3.38. The van der Waals surface area contributed by atoms with Crippen molar-refractivity contribution in [2.24, 2.45) is 11.8 Å². The predicted molar refractivity (Wildman–Crippen MR) is 104 cm³/mol. The summed E-state index contributed by atoms with van der Waals surface area (Å²) in [5.41, 5.74) is 0.612. The number of benzene rings is 1. The van der Waals surface area contributed by atoms with Gasteiger partial charge in [0.2, 0.25) is 15.9 Å². The third-order valence-corrected chi connectivity index (χ3v) is 6.53. The number of piperidine rings is 1. The molecule has 26 heavy (non-hydrogen) atoms. The van der Waals surface area contributed by atoms with Crippen LogP contribution < -0.4 is 10.1 Å². The first-order valence-electron chi connectivity index (χ1n) is 8.94. The van der Waals surface area contributed by atoms with E-state index in [-0.39, 0.29) is 17.6 Å². The number of ether oxygens (including phenoxy) is 1. The molecule has 0 bridgehead atoms. The van der Waals surface area contributed by atoms with E-state index < -0.39 is 10.0 Å². The largest absolute Gasteiger partial charge is 0.492 e. The van der Waals surface area contributed by atoms with E-state index in [0.717, 1.165) is 0 Å². The van der Waals surface area contributed by atoms with Crippen LogP contribution in [-0.4, -0.2) is 44.1 Å². The Morgan fingerprint density at radius 3 is 2.54 bits per heavy atom. The molecular weight excluding hydrogens is 376 g/mol. The Labute approximate surface area is 160 Å². The number of nitrogens with zero attached hydrogens (tertiary/aromatic N) is 1. The molecule has 0 aliphatic carbocycles. The summed E-state index contributed by atoms with van der Waals surface area (Å²) in [7, 11) is -3.18. The monoisotopic (exact) mass is 402 g/mol. The lowest BCUT2D eigenvalue weighted by atomic mass is 9.97. The Morgan fingerprint density at radius 2 is 2.00 bits per heavy atom. The van der Waals surface area contributed by atoms with E-state index in [4.69, 9.17) is 16.3 Å². The second-order valence-corrected chi connectivity index (χ2v) is 9.58. The number of hydrogen-bond donors (Lipinski definition) is 1. The average Bonchev–Trinajstić information content (AvgIpc) is 2.61. The summed E-state index contributed by atoms with van der Waals surface area (Å²) < 4.78 is 30.9.